The van der Waals surface area contributed by atoms with Crippen LogP contribution in [0, 0.1) is 5.82 Å². The molecule has 7 heteroatoms. The van der Waals surface area contributed by atoms with Gasteiger partial charge in [-0.3, -0.25) is 0 Å². The second-order valence-electron chi connectivity index (χ2n) is 5.34. The summed E-state index contributed by atoms with van der Waals surface area (Å²) in [6.45, 7) is 0. The van der Waals surface area contributed by atoms with Crippen LogP contribution in [0.4, 0.5) is 4.39 Å². The average Bonchev–Trinajstić information content (AvgIpc) is 3.16. The van der Waals surface area contributed by atoms with E-state index in [1.54, 1.807) is 33.5 Å². The van der Waals surface area contributed by atoms with Crippen LogP contribution >= 0.6 is 11.5 Å². The molecular weight excluding hydrogens is 357 g/mol. The van der Waals surface area contributed by atoms with Gasteiger partial charge in [0.25, 0.3) is 0 Å². The van der Waals surface area contributed by atoms with Crippen molar-refractivity contribution in [3.05, 3.63) is 41.5 Å². The Morgan fingerprint density at radius 2 is 1.46 bits per heavy atom. The lowest BCUT2D eigenvalue weighted by atomic mass is 10.0. The van der Waals surface area contributed by atoms with Gasteiger partial charge in [-0.1, -0.05) is 6.07 Å². The Balaban J connectivity index is 2.13. The molecule has 1 heterocycles. The quantitative estimate of drug-likeness (QED) is 0.628. The monoisotopic (exact) mass is 375 g/mol. The third-order valence-corrected chi connectivity index (χ3v) is 4.60. The van der Waals surface area contributed by atoms with Crippen LogP contribution < -0.4 is 18.9 Å². The maximum atomic E-state index is 14.1. The molecule has 0 aliphatic rings. The van der Waals surface area contributed by atoms with Gasteiger partial charge in [-0.05, 0) is 41.4 Å². The Morgan fingerprint density at radius 3 is 2.00 bits per heavy atom. The van der Waals surface area contributed by atoms with Gasteiger partial charge < -0.3 is 18.9 Å². The summed E-state index contributed by atoms with van der Waals surface area (Å²) < 4.78 is 39.7. The van der Waals surface area contributed by atoms with E-state index >= 15 is 0 Å². The predicted octanol–water partition coefficient (Wildman–Crippen LogP) is 4.65. The minimum Gasteiger partial charge on any atom is -0.494 e. The molecule has 3 aromatic rings. The number of hydrogen-bond donors (Lipinski definition) is 0. The van der Waals surface area contributed by atoms with Gasteiger partial charge >= 0.3 is 0 Å². The fourth-order valence-electron chi connectivity index (χ4n) is 2.70. The molecule has 0 unspecified atom stereocenters. The summed E-state index contributed by atoms with van der Waals surface area (Å²) in [5, 5.41) is 1.87. The number of rotatable bonds is 6. The molecule has 5 nitrogen and oxygen atoms in total. The van der Waals surface area contributed by atoms with Gasteiger partial charge in [-0.15, -0.1) is 0 Å². The molecule has 0 N–H and O–H groups in total. The third-order valence-electron chi connectivity index (χ3n) is 3.97. The van der Waals surface area contributed by atoms with E-state index in [0.29, 0.717) is 28.5 Å². The van der Waals surface area contributed by atoms with Crippen LogP contribution in [0.2, 0.25) is 0 Å². The minimum absolute atomic E-state index is 0.200. The van der Waals surface area contributed by atoms with Crippen LogP contribution in [-0.2, 0) is 0 Å². The largest absolute Gasteiger partial charge is 0.494 e. The van der Waals surface area contributed by atoms with Crippen molar-refractivity contribution >= 4 is 11.5 Å². The summed E-state index contributed by atoms with van der Waals surface area (Å²) in [5.74, 6) is 1.34. The smallest absolute Gasteiger partial charge is 0.203 e. The summed E-state index contributed by atoms with van der Waals surface area (Å²) in [7, 11) is 6.10. The molecule has 0 saturated heterocycles. The Hall–Kier alpha value is -2.80. The summed E-state index contributed by atoms with van der Waals surface area (Å²) in [6, 6.07) is 8.47. The van der Waals surface area contributed by atoms with E-state index in [-0.39, 0.29) is 5.75 Å². The maximum absolute atomic E-state index is 14.1. The molecule has 1 aromatic heterocycles. The molecule has 136 valence electrons. The number of benzene rings is 2. The number of aromatic nitrogens is 1. The molecule has 0 spiro atoms. The van der Waals surface area contributed by atoms with E-state index in [2.05, 4.69) is 4.37 Å². The zero-order valence-electron chi connectivity index (χ0n) is 14.8. The molecule has 0 bridgehead atoms. The molecule has 0 atom stereocenters. The van der Waals surface area contributed by atoms with E-state index in [1.807, 2.05) is 17.5 Å². The van der Waals surface area contributed by atoms with Crippen molar-refractivity contribution in [2.45, 2.75) is 0 Å². The summed E-state index contributed by atoms with van der Waals surface area (Å²) in [5.41, 5.74) is 3.01. The standard InChI is InChI=1S/C19H18FNO4S/c1-22-15-6-5-11(7-14(15)20)13-10-26-21-18(13)12-8-16(23-2)19(25-4)17(9-12)24-3/h5-10H,1-4H3. The van der Waals surface area contributed by atoms with E-state index in [9.17, 15) is 4.39 Å². The molecule has 0 radical (unpaired) electrons. The van der Waals surface area contributed by atoms with Gasteiger partial charge in [0.05, 0.1) is 34.1 Å². The summed E-state index contributed by atoms with van der Waals surface area (Å²) in [6.07, 6.45) is 0. The fraction of sp³-hybridized carbons (Fsp3) is 0.211. The number of hydrogen-bond acceptors (Lipinski definition) is 6. The van der Waals surface area contributed by atoms with Gasteiger partial charge in [0, 0.05) is 16.5 Å². The molecule has 0 saturated carbocycles. The molecule has 0 fully saturated rings. The lowest BCUT2D eigenvalue weighted by molar-refractivity contribution is 0.324. The third kappa shape index (κ3) is 3.17. The van der Waals surface area contributed by atoms with Crippen molar-refractivity contribution < 1.29 is 23.3 Å². The van der Waals surface area contributed by atoms with E-state index in [1.165, 1.54) is 24.7 Å². The van der Waals surface area contributed by atoms with Crippen LogP contribution in [0.15, 0.2) is 35.7 Å². The van der Waals surface area contributed by atoms with Gasteiger partial charge in [0.2, 0.25) is 5.75 Å². The highest BCUT2D eigenvalue weighted by Crippen LogP contribution is 2.43. The topological polar surface area (TPSA) is 49.8 Å². The Labute approximate surface area is 155 Å². The van der Waals surface area contributed by atoms with Crippen molar-refractivity contribution in [1.29, 1.82) is 0 Å². The fourth-order valence-corrected chi connectivity index (χ4v) is 3.42. The molecular formula is C19H18FNO4S. The number of nitrogens with zero attached hydrogens (tertiary/aromatic N) is 1. The van der Waals surface area contributed by atoms with Crippen LogP contribution in [0.1, 0.15) is 0 Å². The first-order valence-corrected chi connectivity index (χ1v) is 8.55. The van der Waals surface area contributed by atoms with Gasteiger partial charge in [0.1, 0.15) is 0 Å². The minimum atomic E-state index is -0.424. The highest BCUT2D eigenvalue weighted by Gasteiger charge is 2.18. The SMILES string of the molecule is COc1ccc(-c2csnc2-c2cc(OC)c(OC)c(OC)c2)cc1F. The number of ether oxygens (including phenoxy) is 4. The summed E-state index contributed by atoms with van der Waals surface area (Å²) in [4.78, 5) is 0. The zero-order valence-corrected chi connectivity index (χ0v) is 15.6. The maximum Gasteiger partial charge on any atom is 0.203 e. The van der Waals surface area contributed by atoms with Gasteiger partial charge in [0.15, 0.2) is 23.1 Å². The molecule has 0 aliphatic heterocycles. The first-order chi connectivity index (χ1) is 12.6. The Bertz CT molecular complexity index is 901. The first-order valence-electron chi connectivity index (χ1n) is 7.71. The molecule has 2 aromatic carbocycles. The predicted molar refractivity (Wildman–Crippen MR) is 99.2 cm³/mol. The first kappa shape index (κ1) is 18.0. The zero-order chi connectivity index (χ0) is 18.7. The van der Waals surface area contributed by atoms with E-state index in [4.69, 9.17) is 18.9 Å². The molecule has 0 aliphatic carbocycles. The summed E-state index contributed by atoms with van der Waals surface area (Å²) >= 11 is 1.29. The number of halogens is 1. The number of methoxy groups -OCH3 is 4. The van der Waals surface area contributed by atoms with Crippen molar-refractivity contribution in [3.63, 3.8) is 0 Å². The molecule has 3 rings (SSSR count). The van der Waals surface area contributed by atoms with Crippen LogP contribution in [-0.4, -0.2) is 32.8 Å². The lowest BCUT2D eigenvalue weighted by Crippen LogP contribution is -1.96. The highest BCUT2D eigenvalue weighted by molar-refractivity contribution is 7.04. The normalized spacial score (nSPS) is 10.5. The van der Waals surface area contributed by atoms with Gasteiger partial charge in [-0.25, -0.2) is 4.39 Å². The van der Waals surface area contributed by atoms with Crippen molar-refractivity contribution in [1.82, 2.24) is 4.37 Å². The molecule has 0 amide bonds. The van der Waals surface area contributed by atoms with Crippen molar-refractivity contribution in [2.24, 2.45) is 0 Å². The van der Waals surface area contributed by atoms with Crippen molar-refractivity contribution in [2.75, 3.05) is 28.4 Å². The second kappa shape index (κ2) is 7.61. The van der Waals surface area contributed by atoms with E-state index < -0.39 is 5.82 Å². The molecule has 26 heavy (non-hydrogen) atoms. The Morgan fingerprint density at radius 1 is 0.808 bits per heavy atom. The van der Waals surface area contributed by atoms with Crippen LogP contribution in [0.3, 0.4) is 0 Å². The second-order valence-corrected chi connectivity index (χ2v) is 5.97. The Kier molecular flexibility index (Phi) is 5.27. The average molecular weight is 375 g/mol. The van der Waals surface area contributed by atoms with Crippen LogP contribution in [0.25, 0.3) is 22.4 Å². The lowest BCUT2D eigenvalue weighted by Gasteiger charge is -2.14. The van der Waals surface area contributed by atoms with Crippen LogP contribution in [0.5, 0.6) is 23.0 Å². The highest BCUT2D eigenvalue weighted by atomic mass is 32.1. The van der Waals surface area contributed by atoms with Crippen molar-refractivity contribution in [3.8, 4) is 45.4 Å². The van der Waals surface area contributed by atoms with E-state index in [0.717, 1.165) is 11.1 Å². The van der Waals surface area contributed by atoms with Gasteiger partial charge in [-0.2, -0.15) is 4.37 Å².